The molecule has 2 aliphatic heterocycles. The number of amides is 1. The van der Waals surface area contributed by atoms with Crippen LogP contribution >= 0.6 is 0 Å². The number of hydrogen-bond donors (Lipinski definition) is 1. The molecule has 0 spiro atoms. The molecule has 2 aromatic rings. The molecule has 1 N–H and O–H groups in total. The molecular weight excluding hydrogens is 304 g/mol. The summed E-state index contributed by atoms with van der Waals surface area (Å²) in [6, 6.07) is 6.06. The number of ether oxygens (including phenoxy) is 2. The number of carbonyl (C=O) groups excluding carboxylic acids is 1. The fourth-order valence-electron chi connectivity index (χ4n) is 3.58. The average molecular weight is 326 g/mol. The first-order chi connectivity index (χ1) is 11.8. The van der Waals surface area contributed by atoms with E-state index in [0.29, 0.717) is 13.2 Å². The molecule has 0 bridgehead atoms. The van der Waals surface area contributed by atoms with E-state index >= 15 is 0 Å². The van der Waals surface area contributed by atoms with Crippen LogP contribution in [0.4, 0.5) is 0 Å². The number of nitrogens with zero attached hydrogens (tertiary/aromatic N) is 1. The van der Waals surface area contributed by atoms with E-state index in [-0.39, 0.29) is 12.0 Å². The lowest BCUT2D eigenvalue weighted by molar-refractivity contribution is -0.140. The van der Waals surface area contributed by atoms with Crippen molar-refractivity contribution in [3.8, 4) is 5.75 Å². The molecule has 5 nitrogen and oxygen atoms in total. The summed E-state index contributed by atoms with van der Waals surface area (Å²) in [5, 5.41) is 1.17. The minimum Gasteiger partial charge on any atom is -0.497 e. The van der Waals surface area contributed by atoms with E-state index in [1.165, 1.54) is 16.5 Å². The summed E-state index contributed by atoms with van der Waals surface area (Å²) in [7, 11) is 1.68. The van der Waals surface area contributed by atoms with Gasteiger partial charge >= 0.3 is 0 Å². The standard InChI is InChI=1S/C19H22N2O3/c1-23-14-4-5-17-15(11-14)16(12-20-17)13-6-8-21(9-7-13)19(22)18-3-2-10-24-18/h4-6,11-12,18,20H,2-3,7-10H2,1H3. The summed E-state index contributed by atoms with van der Waals surface area (Å²) >= 11 is 0. The van der Waals surface area contributed by atoms with Crippen LogP contribution in [0.3, 0.4) is 0 Å². The van der Waals surface area contributed by atoms with Gasteiger partial charge in [0.25, 0.3) is 5.91 Å². The molecule has 1 amide bonds. The van der Waals surface area contributed by atoms with E-state index in [1.807, 2.05) is 23.2 Å². The molecule has 126 valence electrons. The van der Waals surface area contributed by atoms with Crippen molar-refractivity contribution in [1.29, 1.82) is 0 Å². The molecule has 1 unspecified atom stereocenters. The second-order valence-electron chi connectivity index (χ2n) is 6.38. The zero-order valence-corrected chi connectivity index (χ0v) is 13.9. The largest absolute Gasteiger partial charge is 0.497 e. The summed E-state index contributed by atoms with van der Waals surface area (Å²) in [5.41, 5.74) is 3.59. The van der Waals surface area contributed by atoms with Crippen molar-refractivity contribution >= 4 is 22.4 Å². The van der Waals surface area contributed by atoms with Crippen molar-refractivity contribution in [2.24, 2.45) is 0 Å². The molecule has 2 aliphatic rings. The summed E-state index contributed by atoms with van der Waals surface area (Å²) in [5.74, 6) is 0.998. The van der Waals surface area contributed by atoms with Crippen molar-refractivity contribution in [3.63, 3.8) is 0 Å². The molecule has 0 radical (unpaired) electrons. The van der Waals surface area contributed by atoms with Crippen LogP contribution < -0.4 is 4.74 Å². The van der Waals surface area contributed by atoms with E-state index in [2.05, 4.69) is 17.1 Å². The van der Waals surface area contributed by atoms with Crippen molar-refractivity contribution in [2.75, 3.05) is 26.8 Å². The Balaban J connectivity index is 1.54. The van der Waals surface area contributed by atoms with Gasteiger partial charge in [-0.1, -0.05) is 6.08 Å². The molecule has 1 aromatic carbocycles. The minimum absolute atomic E-state index is 0.142. The van der Waals surface area contributed by atoms with Gasteiger partial charge in [0.2, 0.25) is 0 Å². The first-order valence-corrected chi connectivity index (χ1v) is 8.51. The van der Waals surface area contributed by atoms with Crippen molar-refractivity contribution in [3.05, 3.63) is 36.0 Å². The molecule has 1 aromatic heterocycles. The lowest BCUT2D eigenvalue weighted by Gasteiger charge is -2.28. The fourth-order valence-corrected chi connectivity index (χ4v) is 3.58. The SMILES string of the molecule is COc1ccc2[nH]cc(C3=CCN(C(=O)C4CCCO4)CC3)c2c1. The van der Waals surface area contributed by atoms with E-state index in [9.17, 15) is 4.79 Å². The molecule has 5 heteroatoms. The first kappa shape index (κ1) is 15.3. The number of hydrogen-bond acceptors (Lipinski definition) is 3. The van der Waals surface area contributed by atoms with Gasteiger partial charge in [0.1, 0.15) is 11.9 Å². The van der Waals surface area contributed by atoms with Crippen LogP contribution in [-0.4, -0.2) is 48.7 Å². The van der Waals surface area contributed by atoms with Gasteiger partial charge in [-0.05, 0) is 43.0 Å². The van der Waals surface area contributed by atoms with Gasteiger partial charge in [-0.15, -0.1) is 0 Å². The van der Waals surface area contributed by atoms with Crippen molar-refractivity contribution < 1.29 is 14.3 Å². The Hall–Kier alpha value is -2.27. The van der Waals surface area contributed by atoms with Crippen LogP contribution in [0.25, 0.3) is 16.5 Å². The van der Waals surface area contributed by atoms with Crippen LogP contribution in [0, 0.1) is 0 Å². The third-order valence-electron chi connectivity index (χ3n) is 4.96. The molecule has 0 aliphatic carbocycles. The van der Waals surface area contributed by atoms with Gasteiger partial charge in [-0.25, -0.2) is 0 Å². The lowest BCUT2D eigenvalue weighted by atomic mass is 9.98. The zero-order chi connectivity index (χ0) is 16.5. The van der Waals surface area contributed by atoms with Gasteiger partial charge in [0, 0.05) is 42.4 Å². The van der Waals surface area contributed by atoms with Crippen molar-refractivity contribution in [2.45, 2.75) is 25.4 Å². The predicted octanol–water partition coefficient (Wildman–Crippen LogP) is 2.97. The van der Waals surface area contributed by atoms with Gasteiger partial charge in [0.15, 0.2) is 0 Å². The average Bonchev–Trinajstić information content (AvgIpc) is 3.30. The Kier molecular flexibility index (Phi) is 4.02. The molecule has 0 saturated carbocycles. The highest BCUT2D eigenvalue weighted by atomic mass is 16.5. The van der Waals surface area contributed by atoms with Crippen LogP contribution in [0.2, 0.25) is 0 Å². The molecule has 1 atom stereocenters. The Labute approximate surface area is 141 Å². The number of aromatic nitrogens is 1. The second kappa shape index (κ2) is 6.32. The maximum Gasteiger partial charge on any atom is 0.251 e. The number of fused-ring (bicyclic) bond motifs is 1. The highest BCUT2D eigenvalue weighted by Crippen LogP contribution is 2.31. The Bertz CT molecular complexity index is 787. The molecule has 4 rings (SSSR count). The predicted molar refractivity (Wildman–Crippen MR) is 93.0 cm³/mol. The number of nitrogens with one attached hydrogen (secondary N) is 1. The smallest absolute Gasteiger partial charge is 0.251 e. The normalized spacial score (nSPS) is 21.1. The fraction of sp³-hybridized carbons (Fsp3) is 0.421. The van der Waals surface area contributed by atoms with Crippen LogP contribution in [0.1, 0.15) is 24.8 Å². The molecule has 1 saturated heterocycles. The monoisotopic (exact) mass is 326 g/mol. The summed E-state index contributed by atoms with van der Waals surface area (Å²) in [6.07, 6.45) is 6.70. The number of H-pyrrole nitrogens is 1. The van der Waals surface area contributed by atoms with E-state index in [1.54, 1.807) is 7.11 Å². The Morgan fingerprint density at radius 3 is 3.04 bits per heavy atom. The number of carbonyl (C=O) groups is 1. The molecule has 3 heterocycles. The lowest BCUT2D eigenvalue weighted by Crippen LogP contribution is -2.41. The minimum atomic E-state index is -0.225. The number of rotatable bonds is 3. The highest BCUT2D eigenvalue weighted by Gasteiger charge is 2.29. The Morgan fingerprint density at radius 2 is 2.33 bits per heavy atom. The van der Waals surface area contributed by atoms with Crippen LogP contribution in [0.5, 0.6) is 5.75 Å². The van der Waals surface area contributed by atoms with E-state index < -0.39 is 0 Å². The van der Waals surface area contributed by atoms with E-state index in [4.69, 9.17) is 9.47 Å². The number of aromatic amines is 1. The molecule has 24 heavy (non-hydrogen) atoms. The zero-order valence-electron chi connectivity index (χ0n) is 13.9. The number of methoxy groups -OCH3 is 1. The second-order valence-corrected chi connectivity index (χ2v) is 6.38. The van der Waals surface area contributed by atoms with Gasteiger partial charge in [-0.3, -0.25) is 4.79 Å². The molecular formula is C19H22N2O3. The topological polar surface area (TPSA) is 54.6 Å². The summed E-state index contributed by atoms with van der Waals surface area (Å²) < 4.78 is 10.9. The van der Waals surface area contributed by atoms with Crippen LogP contribution in [-0.2, 0) is 9.53 Å². The maximum absolute atomic E-state index is 12.4. The first-order valence-electron chi connectivity index (χ1n) is 8.51. The third-order valence-corrected chi connectivity index (χ3v) is 4.96. The summed E-state index contributed by atoms with van der Waals surface area (Å²) in [6.45, 7) is 2.12. The van der Waals surface area contributed by atoms with Gasteiger partial charge < -0.3 is 19.4 Å². The Morgan fingerprint density at radius 1 is 1.42 bits per heavy atom. The van der Waals surface area contributed by atoms with E-state index in [0.717, 1.165) is 37.1 Å². The van der Waals surface area contributed by atoms with Gasteiger partial charge in [-0.2, -0.15) is 0 Å². The maximum atomic E-state index is 12.4. The van der Waals surface area contributed by atoms with Gasteiger partial charge in [0.05, 0.1) is 7.11 Å². The quantitative estimate of drug-likeness (QED) is 0.943. The van der Waals surface area contributed by atoms with Crippen LogP contribution in [0.15, 0.2) is 30.5 Å². The number of benzene rings is 1. The summed E-state index contributed by atoms with van der Waals surface area (Å²) in [4.78, 5) is 17.7. The van der Waals surface area contributed by atoms with Crippen molar-refractivity contribution in [1.82, 2.24) is 9.88 Å². The third kappa shape index (κ3) is 2.69. The molecule has 1 fully saturated rings. The highest BCUT2D eigenvalue weighted by molar-refractivity contribution is 5.94.